The van der Waals surface area contributed by atoms with Crippen molar-refractivity contribution < 1.29 is 4.42 Å². The lowest BCUT2D eigenvalue weighted by Crippen LogP contribution is -2.11. The van der Waals surface area contributed by atoms with E-state index in [4.69, 9.17) is 10.3 Å². The van der Waals surface area contributed by atoms with Crippen LogP contribution in [0.25, 0.3) is 0 Å². The molecule has 2 aromatic heterocycles. The number of nitrogens with one attached hydrogen (secondary N) is 1. The third kappa shape index (κ3) is 2.34. The summed E-state index contributed by atoms with van der Waals surface area (Å²) in [4.78, 5) is 9.40. The fraction of sp³-hybridized carbons (Fsp3) is 0.200. The van der Waals surface area contributed by atoms with Crippen LogP contribution in [0.2, 0.25) is 0 Å². The Morgan fingerprint density at radius 1 is 1.38 bits per heavy atom. The molecule has 2 aromatic rings. The second-order valence-corrected chi connectivity index (χ2v) is 4.32. The highest BCUT2D eigenvalue weighted by atomic mass is 32.2. The number of hydrogen-bond donors (Lipinski definition) is 2. The molecule has 0 aliphatic carbocycles. The van der Waals surface area contributed by atoms with Crippen LogP contribution in [0, 0.1) is 13.8 Å². The standard InChI is InChI=1S/C10H12N4OS/c1-6-5-9(13-10(12-6)14-11)16-8-3-4-15-7(8)2/h3-5H,11H2,1-2H3,(H,12,13,14). The Balaban J connectivity index is 2.28. The van der Waals surface area contributed by atoms with Gasteiger partial charge in [-0.1, -0.05) is 11.8 Å². The van der Waals surface area contributed by atoms with Crippen LogP contribution in [0.1, 0.15) is 11.5 Å². The molecule has 0 aliphatic rings. The Hall–Kier alpha value is -1.53. The number of nitrogens with zero attached hydrogens (tertiary/aromatic N) is 2. The van der Waals surface area contributed by atoms with Gasteiger partial charge in [-0.15, -0.1) is 0 Å². The number of hydrogen-bond acceptors (Lipinski definition) is 6. The van der Waals surface area contributed by atoms with Crippen molar-refractivity contribution in [2.24, 2.45) is 5.84 Å². The zero-order chi connectivity index (χ0) is 11.5. The molecule has 84 valence electrons. The summed E-state index contributed by atoms with van der Waals surface area (Å²) in [5.41, 5.74) is 3.31. The van der Waals surface area contributed by atoms with Gasteiger partial charge >= 0.3 is 0 Å². The van der Waals surface area contributed by atoms with E-state index in [0.29, 0.717) is 5.95 Å². The molecule has 16 heavy (non-hydrogen) atoms. The van der Waals surface area contributed by atoms with E-state index < -0.39 is 0 Å². The van der Waals surface area contributed by atoms with Gasteiger partial charge in [-0.2, -0.15) is 0 Å². The second-order valence-electron chi connectivity index (χ2n) is 3.26. The van der Waals surface area contributed by atoms with Crippen LogP contribution < -0.4 is 11.3 Å². The lowest BCUT2D eigenvalue weighted by Gasteiger charge is -2.03. The summed E-state index contributed by atoms with van der Waals surface area (Å²) in [7, 11) is 0. The Morgan fingerprint density at radius 2 is 2.19 bits per heavy atom. The summed E-state index contributed by atoms with van der Waals surface area (Å²) >= 11 is 1.52. The van der Waals surface area contributed by atoms with Crippen molar-refractivity contribution in [1.29, 1.82) is 0 Å². The molecule has 0 aromatic carbocycles. The zero-order valence-electron chi connectivity index (χ0n) is 9.02. The van der Waals surface area contributed by atoms with Crippen LogP contribution in [-0.4, -0.2) is 9.97 Å². The quantitative estimate of drug-likeness (QED) is 0.483. The van der Waals surface area contributed by atoms with Gasteiger partial charge in [0.25, 0.3) is 0 Å². The topological polar surface area (TPSA) is 77.0 Å². The van der Waals surface area contributed by atoms with E-state index in [9.17, 15) is 0 Å². The van der Waals surface area contributed by atoms with Crippen LogP contribution in [0.5, 0.6) is 0 Å². The number of nitrogen functional groups attached to an aromatic ring is 1. The van der Waals surface area contributed by atoms with Crippen molar-refractivity contribution in [2.75, 3.05) is 5.43 Å². The molecule has 3 N–H and O–H groups in total. The first-order valence-corrected chi connectivity index (χ1v) is 5.55. The lowest BCUT2D eigenvalue weighted by molar-refractivity contribution is 0.527. The number of rotatable bonds is 3. The minimum Gasteiger partial charge on any atom is -0.468 e. The summed E-state index contributed by atoms with van der Waals surface area (Å²) in [6, 6.07) is 3.81. The van der Waals surface area contributed by atoms with Gasteiger partial charge in [0, 0.05) is 5.69 Å². The molecule has 5 nitrogen and oxygen atoms in total. The van der Waals surface area contributed by atoms with Crippen LogP contribution in [-0.2, 0) is 0 Å². The fourth-order valence-corrected chi connectivity index (χ4v) is 2.15. The predicted octanol–water partition coefficient (Wildman–Crippen LogP) is 2.12. The zero-order valence-corrected chi connectivity index (χ0v) is 9.84. The number of aryl methyl sites for hydroxylation is 2. The molecule has 0 unspecified atom stereocenters. The van der Waals surface area contributed by atoms with Gasteiger partial charge in [-0.25, -0.2) is 15.8 Å². The molecule has 2 heterocycles. The maximum Gasteiger partial charge on any atom is 0.238 e. The average Bonchev–Trinajstić information content (AvgIpc) is 2.63. The van der Waals surface area contributed by atoms with Crippen LogP contribution in [0.3, 0.4) is 0 Å². The SMILES string of the molecule is Cc1cc(Sc2ccoc2C)nc(NN)n1. The average molecular weight is 236 g/mol. The summed E-state index contributed by atoms with van der Waals surface area (Å²) in [6.45, 7) is 3.81. The van der Waals surface area contributed by atoms with Gasteiger partial charge in [-0.3, -0.25) is 5.43 Å². The lowest BCUT2D eigenvalue weighted by atomic mass is 10.5. The third-order valence-corrected chi connectivity index (χ3v) is 3.05. The first-order chi connectivity index (χ1) is 7.69. The Morgan fingerprint density at radius 3 is 2.81 bits per heavy atom. The molecular weight excluding hydrogens is 224 g/mol. The van der Waals surface area contributed by atoms with E-state index in [1.54, 1.807) is 6.26 Å². The maximum atomic E-state index is 5.29. The minimum absolute atomic E-state index is 0.420. The molecule has 2 rings (SSSR count). The molecule has 0 aliphatic heterocycles. The van der Waals surface area contributed by atoms with Gasteiger partial charge in [0.15, 0.2) is 0 Å². The highest BCUT2D eigenvalue weighted by Crippen LogP contribution is 2.30. The van der Waals surface area contributed by atoms with E-state index in [2.05, 4.69) is 15.4 Å². The molecule has 0 spiro atoms. The molecule has 0 saturated heterocycles. The van der Waals surface area contributed by atoms with Crippen molar-refractivity contribution in [1.82, 2.24) is 9.97 Å². The van der Waals surface area contributed by atoms with Gasteiger partial charge < -0.3 is 4.42 Å². The molecular formula is C10H12N4OS. The summed E-state index contributed by atoms with van der Waals surface area (Å²) < 4.78 is 5.22. The van der Waals surface area contributed by atoms with Crippen molar-refractivity contribution >= 4 is 17.7 Å². The molecule has 0 radical (unpaired) electrons. The van der Waals surface area contributed by atoms with Crippen LogP contribution in [0.15, 0.2) is 32.7 Å². The molecule has 0 saturated carbocycles. The molecule has 0 atom stereocenters. The predicted molar refractivity (Wildman–Crippen MR) is 62.1 cm³/mol. The largest absolute Gasteiger partial charge is 0.468 e. The number of nitrogens with two attached hydrogens (primary N) is 1. The fourth-order valence-electron chi connectivity index (χ4n) is 1.25. The summed E-state index contributed by atoms with van der Waals surface area (Å²) in [6.07, 6.45) is 1.66. The van der Waals surface area contributed by atoms with E-state index >= 15 is 0 Å². The highest BCUT2D eigenvalue weighted by molar-refractivity contribution is 7.99. The van der Waals surface area contributed by atoms with Gasteiger partial charge in [0.05, 0.1) is 11.2 Å². The molecule has 0 amide bonds. The van der Waals surface area contributed by atoms with Crippen molar-refractivity contribution in [3.63, 3.8) is 0 Å². The second kappa shape index (κ2) is 4.54. The number of anilines is 1. The van der Waals surface area contributed by atoms with Crippen LogP contribution in [0.4, 0.5) is 5.95 Å². The van der Waals surface area contributed by atoms with Gasteiger partial charge in [0.2, 0.25) is 5.95 Å². The molecule has 6 heteroatoms. The minimum atomic E-state index is 0.420. The Labute approximate surface area is 97.4 Å². The smallest absolute Gasteiger partial charge is 0.238 e. The van der Waals surface area contributed by atoms with E-state index in [0.717, 1.165) is 21.4 Å². The Bertz CT molecular complexity index is 497. The Kier molecular flexibility index (Phi) is 3.12. The normalized spacial score (nSPS) is 10.4. The monoisotopic (exact) mass is 236 g/mol. The maximum absolute atomic E-state index is 5.29. The first kappa shape index (κ1) is 11.0. The van der Waals surface area contributed by atoms with Gasteiger partial charge in [-0.05, 0) is 26.0 Å². The van der Waals surface area contributed by atoms with E-state index in [-0.39, 0.29) is 0 Å². The van der Waals surface area contributed by atoms with Crippen molar-refractivity contribution in [3.05, 3.63) is 29.9 Å². The first-order valence-electron chi connectivity index (χ1n) is 4.73. The van der Waals surface area contributed by atoms with Gasteiger partial charge in [0.1, 0.15) is 10.8 Å². The molecule has 0 bridgehead atoms. The van der Waals surface area contributed by atoms with Crippen molar-refractivity contribution in [2.45, 2.75) is 23.8 Å². The van der Waals surface area contributed by atoms with E-state index in [1.807, 2.05) is 26.0 Å². The highest BCUT2D eigenvalue weighted by Gasteiger charge is 2.07. The number of hydrazine groups is 1. The summed E-state index contributed by atoms with van der Waals surface area (Å²) in [5, 5.41) is 0.838. The third-order valence-electron chi connectivity index (χ3n) is 1.99. The summed E-state index contributed by atoms with van der Waals surface area (Å²) in [5.74, 6) is 6.59. The number of furan rings is 1. The molecule has 0 fully saturated rings. The van der Waals surface area contributed by atoms with E-state index in [1.165, 1.54) is 11.8 Å². The number of aromatic nitrogens is 2. The van der Waals surface area contributed by atoms with Crippen molar-refractivity contribution in [3.8, 4) is 0 Å². The van der Waals surface area contributed by atoms with Crippen LogP contribution >= 0.6 is 11.8 Å².